The molecule has 0 saturated heterocycles. The second kappa shape index (κ2) is 2.86. The minimum Gasteiger partial charge on any atom is -0.263 e. The molecule has 9 heavy (non-hydrogen) atoms. The molecule has 4 heteroatoms. The first-order chi connectivity index (χ1) is 4.43. The standard InChI is InChI=1S/C5H7N3O/c1-2-7-9-8-4-3-6-5-8/h2-5H,1H3. The third-order valence-electron chi connectivity index (χ3n) is 0.727. The van der Waals surface area contributed by atoms with E-state index in [-0.39, 0.29) is 0 Å². The summed E-state index contributed by atoms with van der Waals surface area (Å²) in [6.07, 6.45) is 6.35. The smallest absolute Gasteiger partial charge is 0.134 e. The van der Waals surface area contributed by atoms with E-state index in [1.807, 2.05) is 0 Å². The first kappa shape index (κ1) is 5.81. The second-order valence-corrected chi connectivity index (χ2v) is 1.37. The Morgan fingerprint density at radius 1 is 1.78 bits per heavy atom. The van der Waals surface area contributed by atoms with Crippen molar-refractivity contribution < 1.29 is 4.94 Å². The van der Waals surface area contributed by atoms with Gasteiger partial charge in [0, 0.05) is 12.4 Å². The molecular weight excluding hydrogens is 118 g/mol. The van der Waals surface area contributed by atoms with Crippen LogP contribution in [0.2, 0.25) is 0 Å². The maximum atomic E-state index is 4.72. The van der Waals surface area contributed by atoms with Gasteiger partial charge in [0.1, 0.15) is 6.33 Å². The lowest BCUT2D eigenvalue weighted by Crippen LogP contribution is -2.00. The molecule has 0 amide bonds. The number of nitrogens with zero attached hydrogens (tertiary/aromatic N) is 3. The molecule has 0 radical (unpaired) electrons. The molecule has 48 valence electrons. The summed E-state index contributed by atoms with van der Waals surface area (Å²) in [4.78, 5) is 8.46. The van der Waals surface area contributed by atoms with Crippen molar-refractivity contribution in [1.29, 1.82) is 0 Å². The van der Waals surface area contributed by atoms with E-state index in [1.54, 1.807) is 25.5 Å². The van der Waals surface area contributed by atoms with Crippen LogP contribution in [0.25, 0.3) is 0 Å². The molecule has 0 bridgehead atoms. The van der Waals surface area contributed by atoms with Gasteiger partial charge in [0.15, 0.2) is 0 Å². The number of hydrogen-bond acceptors (Lipinski definition) is 3. The van der Waals surface area contributed by atoms with E-state index in [0.717, 1.165) is 0 Å². The SMILES string of the molecule is CC=NOn1ccnc1. The number of rotatable bonds is 2. The molecule has 0 spiro atoms. The van der Waals surface area contributed by atoms with Crippen LogP contribution in [-0.4, -0.2) is 15.9 Å². The van der Waals surface area contributed by atoms with Crippen LogP contribution < -0.4 is 4.94 Å². The van der Waals surface area contributed by atoms with Crippen molar-refractivity contribution in [3.8, 4) is 0 Å². The van der Waals surface area contributed by atoms with E-state index >= 15 is 0 Å². The molecule has 0 atom stereocenters. The first-order valence-corrected chi connectivity index (χ1v) is 2.57. The molecule has 0 saturated carbocycles. The highest BCUT2D eigenvalue weighted by Gasteiger charge is 1.81. The van der Waals surface area contributed by atoms with Crippen molar-refractivity contribution in [2.24, 2.45) is 5.16 Å². The normalized spacial score (nSPS) is 10.3. The Kier molecular flexibility index (Phi) is 1.85. The second-order valence-electron chi connectivity index (χ2n) is 1.37. The minimum atomic E-state index is 1.40. The van der Waals surface area contributed by atoms with Crippen LogP contribution in [0.5, 0.6) is 0 Å². The van der Waals surface area contributed by atoms with Crippen LogP contribution >= 0.6 is 0 Å². The molecule has 0 N–H and O–H groups in total. The number of oxime groups is 1. The maximum Gasteiger partial charge on any atom is 0.134 e. The molecule has 4 nitrogen and oxygen atoms in total. The molecule has 0 aliphatic heterocycles. The van der Waals surface area contributed by atoms with Crippen LogP contribution in [0.1, 0.15) is 6.92 Å². The first-order valence-electron chi connectivity index (χ1n) is 2.57. The third kappa shape index (κ3) is 1.56. The summed E-state index contributed by atoms with van der Waals surface area (Å²) < 4.78 is 1.40. The Labute approximate surface area is 52.7 Å². The summed E-state index contributed by atoms with van der Waals surface area (Å²) >= 11 is 0. The largest absolute Gasteiger partial charge is 0.263 e. The van der Waals surface area contributed by atoms with Gasteiger partial charge in [0.05, 0.1) is 6.20 Å². The lowest BCUT2D eigenvalue weighted by Gasteiger charge is -1.92. The van der Waals surface area contributed by atoms with Crippen molar-refractivity contribution in [2.45, 2.75) is 6.92 Å². The number of hydrogen-bond donors (Lipinski definition) is 0. The highest BCUT2D eigenvalue weighted by molar-refractivity contribution is 5.52. The molecular formula is C5H7N3O. The number of imidazole rings is 1. The third-order valence-corrected chi connectivity index (χ3v) is 0.727. The fraction of sp³-hybridized carbons (Fsp3) is 0.200. The van der Waals surface area contributed by atoms with Crippen LogP contribution in [0, 0.1) is 0 Å². The Bertz CT molecular complexity index is 180. The van der Waals surface area contributed by atoms with Crippen molar-refractivity contribution in [2.75, 3.05) is 0 Å². The van der Waals surface area contributed by atoms with E-state index in [4.69, 9.17) is 4.94 Å². The predicted molar refractivity (Wildman–Crippen MR) is 33.0 cm³/mol. The lowest BCUT2D eigenvalue weighted by molar-refractivity contribution is 0.119. The van der Waals surface area contributed by atoms with E-state index in [9.17, 15) is 0 Å². The quantitative estimate of drug-likeness (QED) is 0.421. The van der Waals surface area contributed by atoms with Gasteiger partial charge in [-0.25, -0.2) is 4.98 Å². The molecule has 0 aliphatic rings. The van der Waals surface area contributed by atoms with E-state index < -0.39 is 0 Å². The summed E-state index contributed by atoms with van der Waals surface area (Å²) in [5.74, 6) is 0. The molecule has 1 heterocycles. The van der Waals surface area contributed by atoms with Crippen molar-refractivity contribution in [3.63, 3.8) is 0 Å². The average molecular weight is 125 g/mol. The molecule has 0 aliphatic carbocycles. The zero-order valence-corrected chi connectivity index (χ0v) is 5.06. The minimum absolute atomic E-state index is 1.40. The molecule has 1 aromatic rings. The summed E-state index contributed by atoms with van der Waals surface area (Å²) in [6, 6.07) is 0. The average Bonchev–Trinajstić information content (AvgIpc) is 2.34. The fourth-order valence-corrected chi connectivity index (χ4v) is 0.397. The van der Waals surface area contributed by atoms with Gasteiger partial charge in [0.2, 0.25) is 0 Å². The summed E-state index contributed by atoms with van der Waals surface area (Å²) in [6.45, 7) is 1.77. The summed E-state index contributed by atoms with van der Waals surface area (Å²) in [7, 11) is 0. The Morgan fingerprint density at radius 2 is 2.67 bits per heavy atom. The van der Waals surface area contributed by atoms with Crippen molar-refractivity contribution in [3.05, 3.63) is 18.7 Å². The molecule has 0 unspecified atom stereocenters. The topological polar surface area (TPSA) is 39.4 Å². The van der Waals surface area contributed by atoms with Gasteiger partial charge in [-0.1, -0.05) is 5.16 Å². The molecule has 0 aromatic carbocycles. The Balaban J connectivity index is 2.48. The number of aromatic nitrogens is 2. The van der Waals surface area contributed by atoms with Crippen LogP contribution in [0.15, 0.2) is 23.9 Å². The predicted octanol–water partition coefficient (Wildman–Crippen LogP) is 0.317. The van der Waals surface area contributed by atoms with Crippen LogP contribution in [0.3, 0.4) is 0 Å². The van der Waals surface area contributed by atoms with Gasteiger partial charge in [-0.3, -0.25) is 4.94 Å². The van der Waals surface area contributed by atoms with Gasteiger partial charge >= 0.3 is 0 Å². The Hall–Kier alpha value is -1.32. The van der Waals surface area contributed by atoms with Gasteiger partial charge in [-0.2, -0.15) is 0 Å². The Morgan fingerprint density at radius 3 is 3.22 bits per heavy atom. The molecule has 1 aromatic heterocycles. The van der Waals surface area contributed by atoms with Gasteiger partial charge in [0.25, 0.3) is 0 Å². The van der Waals surface area contributed by atoms with Gasteiger partial charge in [-0.05, 0) is 6.92 Å². The van der Waals surface area contributed by atoms with Crippen molar-refractivity contribution >= 4 is 6.21 Å². The van der Waals surface area contributed by atoms with Crippen molar-refractivity contribution in [1.82, 2.24) is 9.71 Å². The van der Waals surface area contributed by atoms with E-state index in [0.29, 0.717) is 0 Å². The van der Waals surface area contributed by atoms with Gasteiger partial charge in [-0.15, -0.1) is 4.73 Å². The fourth-order valence-electron chi connectivity index (χ4n) is 0.397. The zero-order chi connectivity index (χ0) is 6.53. The maximum absolute atomic E-state index is 4.72. The monoisotopic (exact) mass is 125 g/mol. The van der Waals surface area contributed by atoms with Crippen LogP contribution in [-0.2, 0) is 0 Å². The molecule has 1 rings (SSSR count). The summed E-state index contributed by atoms with van der Waals surface area (Å²) in [5.41, 5.74) is 0. The molecule has 0 fully saturated rings. The highest BCUT2D eigenvalue weighted by Crippen LogP contribution is 1.78. The van der Waals surface area contributed by atoms with E-state index in [1.165, 1.54) is 11.1 Å². The lowest BCUT2D eigenvalue weighted by atomic mass is 10.9. The van der Waals surface area contributed by atoms with E-state index in [2.05, 4.69) is 10.1 Å². The summed E-state index contributed by atoms with van der Waals surface area (Å²) in [5, 5.41) is 3.51. The van der Waals surface area contributed by atoms with Gasteiger partial charge < -0.3 is 0 Å². The van der Waals surface area contributed by atoms with Crippen LogP contribution in [0.4, 0.5) is 0 Å². The zero-order valence-electron chi connectivity index (χ0n) is 5.06. The highest BCUT2D eigenvalue weighted by atomic mass is 16.8.